The molecular formula is C15H17N3O5. The number of phenolic OH excluding ortho intramolecular Hbond substituents is 1. The van der Waals surface area contributed by atoms with Gasteiger partial charge in [0.25, 0.3) is 5.91 Å². The van der Waals surface area contributed by atoms with E-state index in [-0.39, 0.29) is 11.1 Å². The van der Waals surface area contributed by atoms with E-state index < -0.39 is 33.6 Å². The van der Waals surface area contributed by atoms with E-state index in [1.807, 2.05) is 0 Å². The number of benzene rings is 1. The number of nitro groups is 1. The molecule has 8 nitrogen and oxygen atoms in total. The first-order valence-electron chi connectivity index (χ1n) is 6.89. The number of amides is 1. The molecular weight excluding hydrogens is 302 g/mol. The van der Waals surface area contributed by atoms with Crippen molar-refractivity contribution in [2.75, 3.05) is 13.1 Å². The van der Waals surface area contributed by atoms with Crippen LogP contribution in [0.25, 0.3) is 5.76 Å². The van der Waals surface area contributed by atoms with Gasteiger partial charge in [-0.15, -0.1) is 0 Å². The molecule has 8 heteroatoms. The van der Waals surface area contributed by atoms with Crippen LogP contribution in [0.2, 0.25) is 0 Å². The van der Waals surface area contributed by atoms with Crippen molar-refractivity contribution in [2.24, 2.45) is 0 Å². The molecule has 0 aromatic heterocycles. The lowest BCUT2D eigenvalue weighted by molar-refractivity contribution is -0.385. The molecule has 1 rings (SSSR count). The molecule has 0 spiro atoms. The number of aliphatic hydroxyl groups is 1. The molecule has 0 unspecified atom stereocenters. The van der Waals surface area contributed by atoms with Gasteiger partial charge in [0.1, 0.15) is 11.8 Å². The number of nitro benzene ring substituents is 1. The van der Waals surface area contributed by atoms with E-state index in [1.54, 1.807) is 19.9 Å². The monoisotopic (exact) mass is 319 g/mol. The summed E-state index contributed by atoms with van der Waals surface area (Å²) in [7, 11) is 0. The van der Waals surface area contributed by atoms with Crippen molar-refractivity contribution in [3.63, 3.8) is 0 Å². The fourth-order valence-electron chi connectivity index (χ4n) is 2.05. The van der Waals surface area contributed by atoms with Gasteiger partial charge in [-0.1, -0.05) is 0 Å². The summed E-state index contributed by atoms with van der Waals surface area (Å²) in [6.45, 7) is 5.56. The lowest BCUT2D eigenvalue weighted by atomic mass is 10.0. The quantitative estimate of drug-likeness (QED) is 0.282. The molecule has 122 valence electrons. The molecule has 1 aromatic carbocycles. The average Bonchev–Trinajstić information content (AvgIpc) is 2.51. The number of phenols is 1. The van der Waals surface area contributed by atoms with Crippen molar-refractivity contribution in [3.8, 4) is 11.8 Å². The van der Waals surface area contributed by atoms with E-state index >= 15 is 0 Å². The second-order valence-electron chi connectivity index (χ2n) is 4.73. The zero-order chi connectivity index (χ0) is 17.7. The molecule has 0 aliphatic rings. The SMILES string of the molecule is CCN(CC)C(=O)/C(C#N)=C(\O)c1cc(C)c(O)c([N+](=O)[O-])c1. The number of carbonyl (C=O) groups excluding carboxylic acids is 1. The smallest absolute Gasteiger partial charge is 0.311 e. The van der Waals surface area contributed by atoms with Gasteiger partial charge in [-0.2, -0.15) is 5.26 Å². The topological polar surface area (TPSA) is 128 Å². The van der Waals surface area contributed by atoms with Gasteiger partial charge in [-0.3, -0.25) is 14.9 Å². The first kappa shape index (κ1) is 18.0. The van der Waals surface area contributed by atoms with Gasteiger partial charge in [-0.05, 0) is 32.4 Å². The zero-order valence-electron chi connectivity index (χ0n) is 13.0. The minimum absolute atomic E-state index is 0.0796. The van der Waals surface area contributed by atoms with Crippen LogP contribution in [0.1, 0.15) is 25.0 Å². The van der Waals surface area contributed by atoms with Gasteiger partial charge in [0.2, 0.25) is 0 Å². The van der Waals surface area contributed by atoms with Crippen molar-refractivity contribution >= 4 is 17.4 Å². The lowest BCUT2D eigenvalue weighted by Gasteiger charge is -2.18. The normalized spacial score (nSPS) is 11.4. The van der Waals surface area contributed by atoms with Crippen LogP contribution < -0.4 is 0 Å². The first-order chi connectivity index (χ1) is 10.8. The van der Waals surface area contributed by atoms with Crippen LogP contribution in [0.3, 0.4) is 0 Å². The summed E-state index contributed by atoms with van der Waals surface area (Å²) in [4.78, 5) is 23.7. The number of aliphatic hydroxyl groups excluding tert-OH is 1. The van der Waals surface area contributed by atoms with E-state index in [2.05, 4.69) is 0 Å². The summed E-state index contributed by atoms with van der Waals surface area (Å²) in [6, 6.07) is 3.83. The maximum absolute atomic E-state index is 12.2. The number of hydrogen-bond donors (Lipinski definition) is 2. The Morgan fingerprint density at radius 1 is 1.39 bits per heavy atom. The summed E-state index contributed by atoms with van der Waals surface area (Å²) in [5.74, 6) is -1.85. The van der Waals surface area contributed by atoms with Crippen molar-refractivity contribution in [1.82, 2.24) is 4.90 Å². The van der Waals surface area contributed by atoms with E-state index in [4.69, 9.17) is 0 Å². The van der Waals surface area contributed by atoms with Gasteiger partial charge >= 0.3 is 5.69 Å². The Morgan fingerprint density at radius 2 is 1.96 bits per heavy atom. The largest absolute Gasteiger partial charge is 0.506 e. The van der Waals surface area contributed by atoms with Crippen LogP contribution >= 0.6 is 0 Å². The molecule has 0 aliphatic carbocycles. The maximum atomic E-state index is 12.2. The molecule has 0 radical (unpaired) electrons. The Labute approximate surface area is 133 Å². The first-order valence-corrected chi connectivity index (χ1v) is 6.89. The summed E-state index contributed by atoms with van der Waals surface area (Å²) in [5.41, 5.74) is -1.05. The van der Waals surface area contributed by atoms with Gasteiger partial charge in [-0.25, -0.2) is 0 Å². The number of nitriles is 1. The molecule has 0 atom stereocenters. The Balaban J connectivity index is 3.51. The van der Waals surface area contributed by atoms with E-state index in [0.717, 1.165) is 6.07 Å². The summed E-state index contributed by atoms with van der Waals surface area (Å²) >= 11 is 0. The molecule has 0 bridgehead atoms. The van der Waals surface area contributed by atoms with Crippen LogP contribution in [0.5, 0.6) is 5.75 Å². The molecule has 0 saturated heterocycles. The molecule has 0 saturated carbocycles. The minimum Gasteiger partial charge on any atom is -0.506 e. The fraction of sp³-hybridized carbons (Fsp3) is 0.333. The molecule has 23 heavy (non-hydrogen) atoms. The average molecular weight is 319 g/mol. The van der Waals surface area contributed by atoms with E-state index in [0.29, 0.717) is 13.1 Å². The van der Waals surface area contributed by atoms with Crippen LogP contribution in [0.15, 0.2) is 17.7 Å². The van der Waals surface area contributed by atoms with Gasteiger partial charge < -0.3 is 15.1 Å². The Morgan fingerprint density at radius 3 is 2.39 bits per heavy atom. The summed E-state index contributed by atoms with van der Waals surface area (Å²) < 4.78 is 0. The molecule has 1 amide bonds. The lowest BCUT2D eigenvalue weighted by Crippen LogP contribution is -2.31. The Bertz CT molecular complexity index is 715. The van der Waals surface area contributed by atoms with Gasteiger partial charge in [0, 0.05) is 24.7 Å². The zero-order valence-corrected chi connectivity index (χ0v) is 13.0. The van der Waals surface area contributed by atoms with Crippen molar-refractivity contribution in [2.45, 2.75) is 20.8 Å². The van der Waals surface area contributed by atoms with Gasteiger partial charge in [0.05, 0.1) is 4.92 Å². The van der Waals surface area contributed by atoms with Crippen LogP contribution in [-0.4, -0.2) is 39.0 Å². The second kappa shape index (κ2) is 7.26. The van der Waals surface area contributed by atoms with Crippen LogP contribution in [0, 0.1) is 28.4 Å². The number of hydrogen-bond acceptors (Lipinski definition) is 6. The third-order valence-corrected chi connectivity index (χ3v) is 3.36. The van der Waals surface area contributed by atoms with Crippen LogP contribution in [-0.2, 0) is 4.79 Å². The fourth-order valence-corrected chi connectivity index (χ4v) is 2.05. The van der Waals surface area contributed by atoms with Crippen molar-refractivity contribution < 1.29 is 19.9 Å². The van der Waals surface area contributed by atoms with Crippen molar-refractivity contribution in [1.29, 1.82) is 5.26 Å². The number of aryl methyl sites for hydroxylation is 1. The molecule has 0 fully saturated rings. The number of likely N-dealkylation sites (N-methyl/N-ethyl adjacent to an activating group) is 1. The highest BCUT2D eigenvalue weighted by atomic mass is 16.6. The molecule has 2 N–H and O–H groups in total. The summed E-state index contributed by atoms with van der Waals surface area (Å²) in [6.07, 6.45) is 0. The Kier molecular flexibility index (Phi) is 5.68. The third-order valence-electron chi connectivity index (χ3n) is 3.36. The third kappa shape index (κ3) is 3.58. The minimum atomic E-state index is -0.808. The predicted octanol–water partition coefficient (Wildman–Crippen LogP) is 2.27. The second-order valence-corrected chi connectivity index (χ2v) is 4.73. The highest BCUT2D eigenvalue weighted by Crippen LogP contribution is 2.33. The van der Waals surface area contributed by atoms with E-state index in [1.165, 1.54) is 17.9 Å². The predicted molar refractivity (Wildman–Crippen MR) is 82.6 cm³/mol. The maximum Gasteiger partial charge on any atom is 0.311 e. The van der Waals surface area contributed by atoms with E-state index in [9.17, 15) is 30.4 Å². The Hall–Kier alpha value is -3.08. The highest BCUT2D eigenvalue weighted by molar-refractivity contribution is 6.03. The van der Waals surface area contributed by atoms with Gasteiger partial charge in [0.15, 0.2) is 11.3 Å². The summed E-state index contributed by atoms with van der Waals surface area (Å²) in [5, 5.41) is 40.0. The number of nitrogens with zero attached hydrogens (tertiary/aromatic N) is 3. The molecule has 0 heterocycles. The molecule has 0 aliphatic heterocycles. The number of aromatic hydroxyl groups is 1. The highest BCUT2D eigenvalue weighted by Gasteiger charge is 2.24. The number of carbonyl (C=O) groups is 1. The van der Waals surface area contributed by atoms with Crippen molar-refractivity contribution in [3.05, 3.63) is 38.9 Å². The standard InChI is InChI=1S/C15H17N3O5/c1-4-17(5-2)15(21)11(8-16)14(20)10-6-9(3)13(19)12(7-10)18(22)23/h6-7,19-20H,4-5H2,1-3H3/b14-11-. The molecule has 1 aromatic rings. The van der Waals surface area contributed by atoms with Crippen LogP contribution in [0.4, 0.5) is 5.69 Å². The number of rotatable bonds is 5.